The van der Waals surface area contributed by atoms with Crippen molar-refractivity contribution in [1.29, 1.82) is 0 Å². The molecular weight excluding hydrogens is 488 g/mol. The summed E-state index contributed by atoms with van der Waals surface area (Å²) in [4.78, 5) is 12.1. The Balaban J connectivity index is 1.41. The number of hydrogen-bond acceptors (Lipinski definition) is 5. The van der Waals surface area contributed by atoms with E-state index in [1.807, 2.05) is 32.9 Å². The number of ether oxygens (including phenoxy) is 1. The highest BCUT2D eigenvalue weighted by atomic mass is 16.6. The Morgan fingerprint density at radius 2 is 1.85 bits per heavy atom. The van der Waals surface area contributed by atoms with Gasteiger partial charge in [0.1, 0.15) is 5.60 Å². The third-order valence-corrected chi connectivity index (χ3v) is 9.91. The van der Waals surface area contributed by atoms with Gasteiger partial charge < -0.3 is 20.1 Å². The Morgan fingerprint density at radius 1 is 1.13 bits per heavy atom. The van der Waals surface area contributed by atoms with Gasteiger partial charge in [-0.2, -0.15) is 0 Å². The van der Waals surface area contributed by atoms with Crippen LogP contribution in [0.4, 0.5) is 0 Å². The second kappa shape index (κ2) is 11.5. The summed E-state index contributed by atoms with van der Waals surface area (Å²) in [6.07, 6.45) is 18.6. The van der Waals surface area contributed by atoms with E-state index in [9.17, 15) is 20.1 Å². The maximum Gasteiger partial charge on any atom is 0.330 e. The monoisotopic (exact) mass is 538 g/mol. The molecule has 4 rings (SSSR count). The first-order chi connectivity index (χ1) is 18.2. The van der Waals surface area contributed by atoms with Gasteiger partial charge in [0.2, 0.25) is 0 Å². The van der Waals surface area contributed by atoms with E-state index in [-0.39, 0.29) is 16.8 Å². The Labute approximate surface area is 235 Å². The van der Waals surface area contributed by atoms with Crippen LogP contribution in [-0.2, 0) is 9.53 Å². The molecule has 0 saturated heterocycles. The van der Waals surface area contributed by atoms with Crippen molar-refractivity contribution in [2.75, 3.05) is 0 Å². The summed E-state index contributed by atoms with van der Waals surface area (Å²) in [5.74, 6) is 1.07. The fourth-order valence-electron chi connectivity index (χ4n) is 7.49. The lowest BCUT2D eigenvalue weighted by Crippen LogP contribution is -2.35. The Morgan fingerprint density at radius 3 is 2.51 bits per heavy atom. The minimum Gasteiger partial charge on any atom is -0.457 e. The molecule has 0 heterocycles. The lowest BCUT2D eigenvalue weighted by Gasteiger charge is -2.44. The number of aliphatic hydroxyl groups excluding tert-OH is 3. The summed E-state index contributed by atoms with van der Waals surface area (Å²) in [6.45, 7) is 14.4. The van der Waals surface area contributed by atoms with Gasteiger partial charge in [-0.3, -0.25) is 0 Å². The van der Waals surface area contributed by atoms with Crippen molar-refractivity contribution in [2.24, 2.45) is 28.6 Å². The van der Waals surface area contributed by atoms with Crippen LogP contribution in [0.15, 0.2) is 59.8 Å². The van der Waals surface area contributed by atoms with Gasteiger partial charge in [0.05, 0.1) is 18.3 Å². The fourth-order valence-corrected chi connectivity index (χ4v) is 7.49. The molecule has 0 aromatic heterocycles. The Bertz CT molecular complexity index is 1050. The number of carbonyl (C=O) groups is 1. The molecule has 0 aromatic rings. The Hall–Kier alpha value is -1.95. The number of carbonyl (C=O) groups excluding carboxylic acids is 1. The quantitative estimate of drug-likeness (QED) is 0.199. The third-order valence-electron chi connectivity index (χ3n) is 9.91. The van der Waals surface area contributed by atoms with Crippen LogP contribution in [0.2, 0.25) is 0 Å². The van der Waals surface area contributed by atoms with Crippen LogP contribution in [0.3, 0.4) is 0 Å². The summed E-state index contributed by atoms with van der Waals surface area (Å²) in [6, 6.07) is 0. The maximum absolute atomic E-state index is 12.1. The maximum atomic E-state index is 12.1. The van der Waals surface area contributed by atoms with Crippen LogP contribution in [0.1, 0.15) is 92.4 Å². The van der Waals surface area contributed by atoms with E-state index in [4.69, 9.17) is 4.74 Å². The summed E-state index contributed by atoms with van der Waals surface area (Å²) in [5, 5.41) is 31.3. The second-order valence-corrected chi connectivity index (χ2v) is 14.0. The minimum atomic E-state index is -0.656. The number of esters is 1. The van der Waals surface area contributed by atoms with Crippen molar-refractivity contribution in [2.45, 2.75) is 116 Å². The SMILES string of the molecule is C=C1/C(=C\C=C2/CCC[C@@]3(C)C2CC[C@@H]3[C@H](C)/C=C/C(O)C2(/C=C/C(=O)OC(C)(C)C)CC2)C[C@@H](O)C[C@@H]1O. The molecule has 0 radical (unpaired) electrons. The van der Waals surface area contributed by atoms with Crippen LogP contribution in [0.5, 0.6) is 0 Å². The van der Waals surface area contributed by atoms with Crippen LogP contribution in [-0.4, -0.2) is 45.2 Å². The molecular formula is C34H50O5. The van der Waals surface area contributed by atoms with Crippen LogP contribution in [0.25, 0.3) is 0 Å². The third kappa shape index (κ3) is 6.86. The van der Waals surface area contributed by atoms with Gasteiger partial charge in [-0.05, 0) is 106 Å². The predicted molar refractivity (Wildman–Crippen MR) is 156 cm³/mol. The average Bonchev–Trinajstić information content (AvgIpc) is 3.56. The zero-order chi connectivity index (χ0) is 28.6. The van der Waals surface area contributed by atoms with E-state index in [1.54, 1.807) is 0 Å². The summed E-state index contributed by atoms with van der Waals surface area (Å²) < 4.78 is 5.38. The standard InChI is InChI=1S/C34H50O5/c1-22(9-14-30(37)34(18-19-34)17-15-31(38)39-32(3,4)5)27-12-13-28-24(8-7-16-33(27,28)6)10-11-25-20-26(35)21-29(36)23(25)2/h9-11,14-15,17,22,26-30,35-37H,2,7-8,12-13,16,18-21H2,1,3-6H3/b14-9+,17-15+,24-10+,25-11-/t22-,26-,27-,28?,29+,30?,33-/m1/s1. The number of hydrogen-bond donors (Lipinski definition) is 3. The van der Waals surface area contributed by atoms with Crippen LogP contribution < -0.4 is 0 Å². The second-order valence-electron chi connectivity index (χ2n) is 14.0. The molecule has 0 aliphatic heterocycles. The molecule has 39 heavy (non-hydrogen) atoms. The zero-order valence-corrected chi connectivity index (χ0v) is 24.7. The first-order valence-electron chi connectivity index (χ1n) is 15.0. The minimum absolute atomic E-state index is 0.216. The topological polar surface area (TPSA) is 87.0 Å². The van der Waals surface area contributed by atoms with Crippen LogP contribution >= 0.6 is 0 Å². The summed E-state index contributed by atoms with van der Waals surface area (Å²) in [7, 11) is 0. The lowest BCUT2D eigenvalue weighted by molar-refractivity contribution is -0.148. The van der Waals surface area contributed by atoms with Gasteiger partial charge in [-0.25, -0.2) is 4.79 Å². The fraction of sp³-hybridized carbons (Fsp3) is 0.676. The molecule has 2 unspecified atom stereocenters. The number of rotatable bonds is 7. The molecule has 216 valence electrons. The van der Waals surface area contributed by atoms with E-state index in [2.05, 4.69) is 38.7 Å². The largest absolute Gasteiger partial charge is 0.457 e. The van der Waals surface area contributed by atoms with Crippen molar-refractivity contribution in [3.63, 3.8) is 0 Å². The van der Waals surface area contributed by atoms with Gasteiger partial charge in [0.25, 0.3) is 0 Å². The van der Waals surface area contributed by atoms with Gasteiger partial charge in [-0.1, -0.05) is 56.4 Å². The predicted octanol–water partition coefficient (Wildman–Crippen LogP) is 6.36. The van der Waals surface area contributed by atoms with Gasteiger partial charge in [-0.15, -0.1) is 0 Å². The molecule has 3 N–H and O–H groups in total. The molecule has 4 saturated carbocycles. The number of aliphatic hydroxyl groups is 3. The molecule has 7 atom stereocenters. The molecule has 4 aliphatic rings. The molecule has 0 aromatic carbocycles. The number of fused-ring (bicyclic) bond motifs is 1. The first kappa shape index (κ1) is 30.0. The summed E-state index contributed by atoms with van der Waals surface area (Å²) >= 11 is 0. The molecule has 4 fully saturated rings. The highest BCUT2D eigenvalue weighted by Gasteiger charge is 2.50. The molecule has 5 nitrogen and oxygen atoms in total. The van der Waals surface area contributed by atoms with Gasteiger partial charge in [0, 0.05) is 17.9 Å². The van der Waals surface area contributed by atoms with E-state index < -0.39 is 23.9 Å². The van der Waals surface area contributed by atoms with Crippen molar-refractivity contribution in [1.82, 2.24) is 0 Å². The van der Waals surface area contributed by atoms with Gasteiger partial charge in [0.15, 0.2) is 0 Å². The van der Waals surface area contributed by atoms with Crippen LogP contribution in [0, 0.1) is 28.6 Å². The smallest absolute Gasteiger partial charge is 0.330 e. The molecule has 0 bridgehead atoms. The zero-order valence-electron chi connectivity index (χ0n) is 24.7. The van der Waals surface area contributed by atoms with E-state index in [1.165, 1.54) is 37.3 Å². The average molecular weight is 539 g/mol. The first-order valence-corrected chi connectivity index (χ1v) is 15.0. The molecule has 0 spiro atoms. The Kier molecular flexibility index (Phi) is 8.85. The summed E-state index contributed by atoms with van der Waals surface area (Å²) in [5.41, 5.74) is 2.53. The normalized spacial score (nSPS) is 36.5. The van der Waals surface area contributed by atoms with Gasteiger partial charge >= 0.3 is 5.97 Å². The van der Waals surface area contributed by atoms with Crippen molar-refractivity contribution in [3.05, 3.63) is 59.8 Å². The molecule has 4 aliphatic carbocycles. The van der Waals surface area contributed by atoms with Crippen molar-refractivity contribution >= 4 is 5.97 Å². The molecule has 5 heteroatoms. The van der Waals surface area contributed by atoms with E-state index >= 15 is 0 Å². The molecule has 0 amide bonds. The van der Waals surface area contributed by atoms with Crippen molar-refractivity contribution < 1.29 is 24.9 Å². The van der Waals surface area contributed by atoms with E-state index in [0.29, 0.717) is 30.6 Å². The highest BCUT2D eigenvalue weighted by Crippen LogP contribution is 2.59. The van der Waals surface area contributed by atoms with Crippen molar-refractivity contribution in [3.8, 4) is 0 Å². The lowest BCUT2D eigenvalue weighted by atomic mass is 9.61. The highest BCUT2D eigenvalue weighted by molar-refractivity contribution is 5.82. The number of allylic oxidation sites excluding steroid dienone is 4. The van der Waals surface area contributed by atoms with E-state index in [0.717, 1.165) is 30.4 Å².